The van der Waals surface area contributed by atoms with Crippen LogP contribution in [-0.2, 0) is 14.3 Å². The molecule has 0 radical (unpaired) electrons. The van der Waals surface area contributed by atoms with Crippen molar-refractivity contribution in [2.45, 2.75) is 45.8 Å². The minimum absolute atomic E-state index is 0.0506. The Morgan fingerprint density at radius 1 is 1.10 bits per heavy atom. The van der Waals surface area contributed by atoms with Gasteiger partial charge in [0.15, 0.2) is 17.4 Å². The second-order valence-electron chi connectivity index (χ2n) is 8.72. The first kappa shape index (κ1) is 19.0. The normalized spacial score (nSPS) is 30.9. The van der Waals surface area contributed by atoms with Crippen LogP contribution in [0.2, 0.25) is 0 Å². The van der Waals surface area contributed by atoms with Crippen molar-refractivity contribution in [3.63, 3.8) is 0 Å². The molecule has 0 saturated heterocycles. The number of nitrogens with zero attached hydrogens (tertiary/aromatic N) is 2. The Morgan fingerprint density at radius 3 is 2.47 bits per heavy atom. The van der Waals surface area contributed by atoms with E-state index in [1.807, 2.05) is 0 Å². The minimum Gasteiger partial charge on any atom is -0.483 e. The lowest BCUT2D eigenvalue weighted by Gasteiger charge is -2.40. The van der Waals surface area contributed by atoms with Crippen molar-refractivity contribution in [3.8, 4) is 0 Å². The number of anilines is 1. The van der Waals surface area contributed by atoms with Gasteiger partial charge in [0.05, 0.1) is 17.5 Å². The van der Waals surface area contributed by atoms with Gasteiger partial charge in [-0.1, -0.05) is 31.1 Å². The Bertz CT molecular complexity index is 1060. The summed E-state index contributed by atoms with van der Waals surface area (Å²) in [5.74, 6) is 0.643. The molecule has 1 aliphatic carbocycles. The molecule has 5 unspecified atom stereocenters. The largest absolute Gasteiger partial charge is 0.483 e. The van der Waals surface area contributed by atoms with Crippen molar-refractivity contribution < 1.29 is 23.2 Å². The van der Waals surface area contributed by atoms with Crippen molar-refractivity contribution in [2.75, 3.05) is 4.90 Å². The van der Waals surface area contributed by atoms with E-state index in [4.69, 9.17) is 9.26 Å². The van der Waals surface area contributed by atoms with E-state index in [9.17, 15) is 14.0 Å². The third-order valence-electron chi connectivity index (χ3n) is 6.76. The summed E-state index contributed by atoms with van der Waals surface area (Å²) in [6.45, 7) is 6.04. The van der Waals surface area contributed by atoms with Crippen LogP contribution in [0.1, 0.15) is 44.1 Å². The highest BCUT2D eigenvalue weighted by Gasteiger charge is 2.54. The maximum atomic E-state index is 13.6. The van der Waals surface area contributed by atoms with E-state index in [-0.39, 0.29) is 29.4 Å². The third kappa shape index (κ3) is 2.79. The summed E-state index contributed by atoms with van der Waals surface area (Å²) in [6.07, 6.45) is 1.18. The Labute approximate surface area is 173 Å². The van der Waals surface area contributed by atoms with Gasteiger partial charge in [-0.2, -0.15) is 0 Å². The van der Waals surface area contributed by atoms with Gasteiger partial charge in [-0.25, -0.2) is 4.39 Å². The second kappa shape index (κ2) is 6.79. The van der Waals surface area contributed by atoms with Crippen molar-refractivity contribution >= 4 is 17.5 Å². The molecule has 1 aromatic carbocycles. The summed E-state index contributed by atoms with van der Waals surface area (Å²) < 4.78 is 24.9. The van der Waals surface area contributed by atoms with Crippen molar-refractivity contribution in [1.29, 1.82) is 0 Å². The molecule has 0 spiro atoms. The summed E-state index contributed by atoms with van der Waals surface area (Å²) in [4.78, 5) is 28.5. The summed E-state index contributed by atoms with van der Waals surface area (Å²) in [6, 6.07) is 6.76. The molecule has 0 bridgehead atoms. The highest BCUT2D eigenvalue weighted by molar-refractivity contribution is 6.17. The summed E-state index contributed by atoms with van der Waals surface area (Å²) in [5.41, 5.74) is 0.971. The lowest BCUT2D eigenvalue weighted by molar-refractivity contribution is -0.134. The van der Waals surface area contributed by atoms with E-state index in [1.165, 1.54) is 17.0 Å². The van der Waals surface area contributed by atoms with Gasteiger partial charge in [-0.15, -0.1) is 0 Å². The van der Waals surface area contributed by atoms with Gasteiger partial charge >= 0.3 is 0 Å². The molecule has 1 saturated carbocycles. The van der Waals surface area contributed by atoms with Crippen LogP contribution in [0.25, 0.3) is 0 Å². The fourth-order valence-corrected chi connectivity index (χ4v) is 4.92. The number of ketones is 1. The Kier molecular flexibility index (Phi) is 4.31. The van der Waals surface area contributed by atoms with Crippen LogP contribution in [0, 0.1) is 30.5 Å². The molecule has 1 aromatic heterocycles. The van der Waals surface area contributed by atoms with E-state index in [0.29, 0.717) is 34.6 Å². The number of hydrogen-bond donors (Lipinski definition) is 0. The molecule has 6 nitrogen and oxygen atoms in total. The molecule has 0 N–H and O–H groups in total. The molecule has 156 valence electrons. The van der Waals surface area contributed by atoms with Crippen LogP contribution in [-0.4, -0.2) is 23.0 Å². The second-order valence-corrected chi connectivity index (χ2v) is 8.72. The molecule has 1 amide bonds. The number of hydrogen-bond acceptors (Lipinski definition) is 5. The van der Waals surface area contributed by atoms with E-state index in [1.54, 1.807) is 25.1 Å². The molecule has 3 aliphatic rings. The summed E-state index contributed by atoms with van der Waals surface area (Å²) in [5, 5.41) is 4.00. The van der Waals surface area contributed by atoms with Gasteiger partial charge in [0.2, 0.25) is 0 Å². The zero-order valence-corrected chi connectivity index (χ0v) is 17.1. The van der Waals surface area contributed by atoms with Gasteiger partial charge in [0.1, 0.15) is 17.7 Å². The first-order valence-corrected chi connectivity index (χ1v) is 10.3. The predicted molar refractivity (Wildman–Crippen MR) is 106 cm³/mol. The Hall–Kier alpha value is -2.96. The molecule has 3 heterocycles. The van der Waals surface area contributed by atoms with Crippen LogP contribution in [0.5, 0.6) is 0 Å². The quantitative estimate of drug-likeness (QED) is 0.745. The first-order valence-electron chi connectivity index (χ1n) is 10.3. The fraction of sp³-hybridized carbons (Fsp3) is 0.435. The van der Waals surface area contributed by atoms with E-state index in [0.717, 1.165) is 12.8 Å². The average molecular weight is 410 g/mol. The van der Waals surface area contributed by atoms with Gasteiger partial charge in [0, 0.05) is 6.07 Å². The molecular formula is C23H23FN2O4. The fourth-order valence-electron chi connectivity index (χ4n) is 4.92. The van der Waals surface area contributed by atoms with Crippen molar-refractivity contribution in [3.05, 3.63) is 58.8 Å². The van der Waals surface area contributed by atoms with E-state index in [2.05, 4.69) is 19.0 Å². The Morgan fingerprint density at radius 2 is 1.80 bits per heavy atom. The Balaban J connectivity index is 1.63. The van der Waals surface area contributed by atoms with Crippen LogP contribution >= 0.6 is 0 Å². The third-order valence-corrected chi connectivity index (χ3v) is 6.76. The van der Waals surface area contributed by atoms with Crippen molar-refractivity contribution in [1.82, 2.24) is 5.16 Å². The van der Waals surface area contributed by atoms with Gasteiger partial charge < -0.3 is 9.26 Å². The zero-order valence-electron chi connectivity index (χ0n) is 17.1. The number of carbonyl (C=O) groups excluding carboxylic acids is 2. The minimum atomic E-state index is -0.722. The number of Topliss-reactive ketones (excluding diaryl/α,β-unsaturated/α-hetero) is 1. The highest BCUT2D eigenvalue weighted by atomic mass is 19.1. The number of fused-ring (bicyclic) bond motifs is 1. The maximum absolute atomic E-state index is 13.6. The highest BCUT2D eigenvalue weighted by Crippen LogP contribution is 2.49. The van der Waals surface area contributed by atoms with E-state index >= 15 is 0 Å². The molecular weight excluding hydrogens is 387 g/mol. The molecule has 30 heavy (non-hydrogen) atoms. The number of carbonyl (C=O) groups is 2. The lowest BCUT2D eigenvalue weighted by atomic mass is 9.70. The molecule has 5 atom stereocenters. The monoisotopic (exact) mass is 410 g/mol. The van der Waals surface area contributed by atoms with Crippen LogP contribution in [0.4, 0.5) is 10.2 Å². The number of halogens is 1. The van der Waals surface area contributed by atoms with Gasteiger partial charge in [0.25, 0.3) is 5.91 Å². The standard InChI is InChI=1S/C23H23FN2O4/c1-11-8-16-17(9-12(11)2)29-22-19(21(16)27)20(14-4-6-15(24)7-5-14)26(23(22)28)18-10-13(3)30-25-18/h4-7,10-12,16-17,20H,8-9H2,1-3H3. The molecule has 2 aromatic rings. The summed E-state index contributed by atoms with van der Waals surface area (Å²) >= 11 is 0. The molecule has 5 rings (SSSR count). The van der Waals surface area contributed by atoms with Crippen LogP contribution < -0.4 is 4.90 Å². The molecule has 7 heteroatoms. The number of aromatic nitrogens is 1. The number of ether oxygens (including phenoxy) is 1. The average Bonchev–Trinajstić information content (AvgIpc) is 3.26. The van der Waals surface area contributed by atoms with Gasteiger partial charge in [-0.05, 0) is 49.3 Å². The van der Waals surface area contributed by atoms with Crippen LogP contribution in [0.15, 0.2) is 46.2 Å². The number of aryl methyl sites for hydroxylation is 1. The topological polar surface area (TPSA) is 72.6 Å². The SMILES string of the molecule is Cc1cc(N2C(=O)C3=C(C(=O)C4CC(C)C(C)CC4O3)C2c2ccc(F)cc2)no1. The predicted octanol–water partition coefficient (Wildman–Crippen LogP) is 4.11. The summed E-state index contributed by atoms with van der Waals surface area (Å²) in [7, 11) is 0. The smallest absolute Gasteiger partial charge is 0.295 e. The van der Waals surface area contributed by atoms with Crippen molar-refractivity contribution in [2.24, 2.45) is 17.8 Å². The van der Waals surface area contributed by atoms with Gasteiger partial charge in [-0.3, -0.25) is 14.5 Å². The number of amides is 1. The molecule has 2 aliphatic heterocycles. The molecule has 1 fully saturated rings. The maximum Gasteiger partial charge on any atom is 0.295 e. The van der Waals surface area contributed by atoms with E-state index < -0.39 is 11.9 Å². The van der Waals surface area contributed by atoms with Crippen LogP contribution in [0.3, 0.4) is 0 Å². The lowest BCUT2D eigenvalue weighted by Crippen LogP contribution is -2.43. The first-order chi connectivity index (χ1) is 14.3. The number of benzene rings is 1. The number of rotatable bonds is 2. The zero-order chi connectivity index (χ0) is 21.2.